The third-order valence-corrected chi connectivity index (χ3v) is 5.60. The Hall–Kier alpha value is -2.62. The molecule has 154 valence electrons. The minimum absolute atomic E-state index is 0.0245. The summed E-state index contributed by atoms with van der Waals surface area (Å²) >= 11 is 0. The van der Waals surface area contributed by atoms with E-state index in [2.05, 4.69) is 76.3 Å². The van der Waals surface area contributed by atoms with E-state index < -0.39 is 0 Å². The first kappa shape index (κ1) is 21.1. The normalized spacial score (nSPS) is 19.4. The summed E-state index contributed by atoms with van der Waals surface area (Å²) in [4.78, 5) is 12.4. The van der Waals surface area contributed by atoms with Crippen molar-refractivity contribution in [3.63, 3.8) is 0 Å². The maximum Gasteiger partial charge on any atom is 0.243 e. The second kappa shape index (κ2) is 7.66. The second-order valence-corrected chi connectivity index (χ2v) is 10.1. The van der Waals surface area contributed by atoms with Gasteiger partial charge >= 0.3 is 0 Å². The van der Waals surface area contributed by atoms with Crippen molar-refractivity contribution in [1.29, 1.82) is 0 Å². The zero-order valence-electron chi connectivity index (χ0n) is 18.3. The van der Waals surface area contributed by atoms with E-state index in [1.165, 1.54) is 17.3 Å². The Morgan fingerprint density at radius 2 is 1.59 bits per heavy atom. The third kappa shape index (κ3) is 5.06. The molecule has 0 aromatic heterocycles. The number of nitrogens with one attached hydrogen (secondary N) is 1. The molecule has 1 amide bonds. The average Bonchev–Trinajstić information content (AvgIpc) is 3.42. The number of phenols is 1. The van der Waals surface area contributed by atoms with Crippen LogP contribution in [0, 0.1) is 5.92 Å². The summed E-state index contributed by atoms with van der Waals surface area (Å²) in [5.41, 5.74) is 6.94. The fraction of sp³-hybridized carbons (Fsp3) is 0.440. The molecule has 1 saturated carbocycles. The Balaban J connectivity index is 1.60. The van der Waals surface area contributed by atoms with Gasteiger partial charge in [0.05, 0.1) is 6.21 Å². The number of phenolic OH excluding ortho intramolecular Hbond substituents is 1. The highest BCUT2D eigenvalue weighted by atomic mass is 16.3. The number of carbonyl (C=O) groups is 1. The van der Waals surface area contributed by atoms with Crippen molar-refractivity contribution in [3.8, 4) is 5.75 Å². The molecule has 1 aliphatic rings. The largest absolute Gasteiger partial charge is 0.507 e. The number of hydrogen-bond acceptors (Lipinski definition) is 3. The van der Waals surface area contributed by atoms with E-state index in [0.717, 1.165) is 12.0 Å². The fourth-order valence-corrected chi connectivity index (χ4v) is 3.46. The monoisotopic (exact) mass is 392 g/mol. The van der Waals surface area contributed by atoms with Crippen molar-refractivity contribution in [2.75, 3.05) is 0 Å². The molecule has 0 spiro atoms. The molecule has 2 aromatic carbocycles. The van der Waals surface area contributed by atoms with Crippen molar-refractivity contribution >= 4 is 12.1 Å². The van der Waals surface area contributed by atoms with Crippen LogP contribution in [0.4, 0.5) is 0 Å². The van der Waals surface area contributed by atoms with Gasteiger partial charge in [-0.3, -0.25) is 4.79 Å². The van der Waals surface area contributed by atoms with Crippen LogP contribution in [-0.4, -0.2) is 17.2 Å². The van der Waals surface area contributed by atoms with Crippen LogP contribution < -0.4 is 5.43 Å². The molecule has 4 nitrogen and oxygen atoms in total. The van der Waals surface area contributed by atoms with Gasteiger partial charge in [-0.1, -0.05) is 71.9 Å². The molecule has 1 fully saturated rings. The van der Waals surface area contributed by atoms with E-state index in [-0.39, 0.29) is 34.3 Å². The minimum Gasteiger partial charge on any atom is -0.507 e. The zero-order chi connectivity index (χ0) is 21.4. The average molecular weight is 393 g/mol. The van der Waals surface area contributed by atoms with E-state index in [1.807, 2.05) is 12.1 Å². The summed E-state index contributed by atoms with van der Waals surface area (Å²) in [6.45, 7) is 12.9. The summed E-state index contributed by atoms with van der Waals surface area (Å²) in [5.74, 6) is 0.302. The molecule has 0 aliphatic heterocycles. The number of carbonyl (C=O) groups excluding carboxylic acids is 1. The summed E-state index contributed by atoms with van der Waals surface area (Å²) in [6.07, 6.45) is 2.36. The van der Waals surface area contributed by atoms with Crippen LogP contribution in [0.3, 0.4) is 0 Å². The molecule has 2 atom stereocenters. The first-order valence-corrected chi connectivity index (χ1v) is 10.2. The van der Waals surface area contributed by atoms with Crippen molar-refractivity contribution in [1.82, 2.24) is 5.43 Å². The number of hydrogen-bond donors (Lipinski definition) is 2. The molecule has 0 heterocycles. The van der Waals surface area contributed by atoms with Crippen LogP contribution in [0.1, 0.15) is 76.1 Å². The predicted molar refractivity (Wildman–Crippen MR) is 119 cm³/mol. The molecular weight excluding hydrogens is 360 g/mol. The van der Waals surface area contributed by atoms with E-state index in [1.54, 1.807) is 6.07 Å². The van der Waals surface area contributed by atoms with Gasteiger partial charge in [0.15, 0.2) is 0 Å². The van der Waals surface area contributed by atoms with E-state index >= 15 is 0 Å². The van der Waals surface area contributed by atoms with Gasteiger partial charge in [0.1, 0.15) is 5.75 Å². The lowest BCUT2D eigenvalue weighted by molar-refractivity contribution is -0.122. The molecule has 4 heteroatoms. The molecule has 2 unspecified atom stereocenters. The quantitative estimate of drug-likeness (QED) is 0.552. The first-order chi connectivity index (χ1) is 13.5. The Morgan fingerprint density at radius 3 is 2.17 bits per heavy atom. The molecule has 0 saturated heterocycles. The maximum atomic E-state index is 12.4. The molecular formula is C25H32N2O2. The highest BCUT2D eigenvalue weighted by Crippen LogP contribution is 2.47. The van der Waals surface area contributed by atoms with E-state index in [4.69, 9.17) is 0 Å². The van der Waals surface area contributed by atoms with Gasteiger partial charge in [0, 0.05) is 11.5 Å². The number of nitrogens with zero attached hydrogens (tertiary/aromatic N) is 1. The summed E-state index contributed by atoms with van der Waals surface area (Å²) in [6, 6.07) is 14.1. The van der Waals surface area contributed by atoms with Gasteiger partial charge in [0.25, 0.3) is 0 Å². The summed E-state index contributed by atoms with van der Waals surface area (Å²) in [5, 5.41) is 14.1. The lowest BCUT2D eigenvalue weighted by Gasteiger charge is -2.19. The molecule has 3 rings (SSSR count). The second-order valence-electron chi connectivity index (χ2n) is 10.1. The maximum absolute atomic E-state index is 12.4. The molecule has 2 N–H and O–H groups in total. The standard InChI is InChI=1S/C25H32N2O2/c1-24(2,3)18-9-7-16(8-10-18)20-14-21(20)23(29)27-26-15-17-13-19(25(4,5)6)11-12-22(17)28/h7-13,15,20-21,28H,14H2,1-6H3,(H,27,29)/b26-15-. The van der Waals surface area contributed by atoms with Crippen LogP contribution in [0.15, 0.2) is 47.6 Å². The Labute approximate surface area is 174 Å². The zero-order valence-corrected chi connectivity index (χ0v) is 18.3. The number of hydrazone groups is 1. The van der Waals surface area contributed by atoms with Crippen molar-refractivity contribution in [3.05, 3.63) is 64.7 Å². The van der Waals surface area contributed by atoms with Crippen LogP contribution in [-0.2, 0) is 15.6 Å². The lowest BCUT2D eigenvalue weighted by Crippen LogP contribution is -2.20. The van der Waals surface area contributed by atoms with Crippen molar-refractivity contribution in [2.24, 2.45) is 11.0 Å². The number of amides is 1. The van der Waals surface area contributed by atoms with Crippen LogP contribution in [0.25, 0.3) is 0 Å². The Morgan fingerprint density at radius 1 is 1.00 bits per heavy atom. The van der Waals surface area contributed by atoms with E-state index in [9.17, 15) is 9.90 Å². The number of benzene rings is 2. The Bertz CT molecular complexity index is 915. The predicted octanol–water partition coefficient (Wildman–Crippen LogP) is 5.24. The molecule has 2 aromatic rings. The minimum atomic E-state index is -0.0717. The van der Waals surface area contributed by atoms with E-state index in [0.29, 0.717) is 5.56 Å². The SMILES string of the molecule is CC(C)(C)c1ccc(C2CC2C(=O)N/N=C\c2cc(C(C)(C)C)ccc2O)cc1. The van der Waals surface area contributed by atoms with Crippen LogP contribution in [0.5, 0.6) is 5.75 Å². The first-order valence-electron chi connectivity index (χ1n) is 10.2. The van der Waals surface area contributed by atoms with Gasteiger partial charge in [-0.25, -0.2) is 5.43 Å². The lowest BCUT2D eigenvalue weighted by atomic mass is 9.86. The molecule has 29 heavy (non-hydrogen) atoms. The topological polar surface area (TPSA) is 61.7 Å². The Kier molecular flexibility index (Phi) is 5.57. The van der Waals surface area contributed by atoms with Gasteiger partial charge in [-0.2, -0.15) is 5.10 Å². The summed E-state index contributed by atoms with van der Waals surface area (Å²) < 4.78 is 0. The van der Waals surface area contributed by atoms with Crippen molar-refractivity contribution < 1.29 is 9.90 Å². The highest BCUT2D eigenvalue weighted by Gasteiger charge is 2.44. The molecule has 1 aliphatic carbocycles. The van der Waals surface area contributed by atoms with Gasteiger partial charge in [-0.05, 0) is 52.0 Å². The van der Waals surface area contributed by atoms with Gasteiger partial charge in [-0.15, -0.1) is 0 Å². The van der Waals surface area contributed by atoms with Crippen LogP contribution >= 0.6 is 0 Å². The molecule has 0 bridgehead atoms. The van der Waals surface area contributed by atoms with Gasteiger partial charge in [0.2, 0.25) is 5.91 Å². The third-order valence-electron chi connectivity index (χ3n) is 5.60. The van der Waals surface area contributed by atoms with Crippen molar-refractivity contribution in [2.45, 2.75) is 64.7 Å². The molecule has 0 radical (unpaired) electrons. The van der Waals surface area contributed by atoms with Crippen LogP contribution in [0.2, 0.25) is 0 Å². The highest BCUT2D eigenvalue weighted by molar-refractivity contribution is 5.87. The smallest absolute Gasteiger partial charge is 0.243 e. The van der Waals surface area contributed by atoms with Gasteiger partial charge < -0.3 is 5.11 Å². The number of aromatic hydroxyl groups is 1. The summed E-state index contributed by atoms with van der Waals surface area (Å²) in [7, 11) is 0. The fourth-order valence-electron chi connectivity index (χ4n) is 3.46. The number of rotatable bonds is 4.